The van der Waals surface area contributed by atoms with Crippen LogP contribution >= 0.6 is 15.9 Å². The van der Waals surface area contributed by atoms with Crippen LogP contribution in [0.5, 0.6) is 0 Å². The molecule has 2 heterocycles. The average Bonchev–Trinajstić information content (AvgIpc) is 2.32. The molecule has 0 aliphatic carbocycles. The second-order valence-corrected chi connectivity index (χ2v) is 5.55. The van der Waals surface area contributed by atoms with Gasteiger partial charge in [-0.1, -0.05) is 0 Å². The Balaban J connectivity index is 2.01. The van der Waals surface area contributed by atoms with Crippen LogP contribution in [-0.2, 0) is 0 Å². The molecule has 0 unspecified atom stereocenters. The molecule has 0 radical (unpaired) electrons. The van der Waals surface area contributed by atoms with Crippen LogP contribution in [0, 0.1) is 0 Å². The second-order valence-electron chi connectivity index (χ2n) is 4.63. The third-order valence-electron chi connectivity index (χ3n) is 3.51. The summed E-state index contributed by atoms with van der Waals surface area (Å²) in [5, 5.41) is 3.41. The van der Waals surface area contributed by atoms with Gasteiger partial charge in [0.25, 0.3) is 0 Å². The molecule has 1 aliphatic heterocycles. The van der Waals surface area contributed by atoms with Gasteiger partial charge in [0, 0.05) is 29.3 Å². The largest absolute Gasteiger partial charge is 0.356 e. The summed E-state index contributed by atoms with van der Waals surface area (Å²) < 4.78 is 1.04. The zero-order valence-corrected chi connectivity index (χ0v) is 11.4. The number of rotatable bonds is 2. The summed E-state index contributed by atoms with van der Waals surface area (Å²) in [4.78, 5) is 6.79. The van der Waals surface area contributed by atoms with Crippen LogP contribution in [0.3, 0.4) is 0 Å². The van der Waals surface area contributed by atoms with Gasteiger partial charge in [0.1, 0.15) is 5.82 Å². The van der Waals surface area contributed by atoms with Crippen LogP contribution < -0.4 is 10.2 Å². The van der Waals surface area contributed by atoms with Crippen molar-refractivity contribution in [3.05, 3.63) is 22.8 Å². The maximum atomic E-state index is 4.43. The molecule has 1 aromatic heterocycles. The lowest BCUT2D eigenvalue weighted by atomic mass is 9.90. The molecule has 0 aromatic carbocycles. The van der Waals surface area contributed by atoms with Crippen molar-refractivity contribution in [2.45, 2.75) is 25.3 Å². The van der Waals surface area contributed by atoms with E-state index in [4.69, 9.17) is 0 Å². The predicted molar refractivity (Wildman–Crippen MR) is 70.8 cm³/mol. The lowest BCUT2D eigenvalue weighted by Crippen LogP contribution is -2.50. The van der Waals surface area contributed by atoms with Gasteiger partial charge >= 0.3 is 0 Å². The van der Waals surface area contributed by atoms with Crippen molar-refractivity contribution in [1.82, 2.24) is 10.3 Å². The maximum absolute atomic E-state index is 4.43. The molecule has 1 aliphatic rings. The summed E-state index contributed by atoms with van der Waals surface area (Å²) in [7, 11) is 2.05. The normalized spacial score (nSPS) is 19.8. The fraction of sp³-hybridized carbons (Fsp3) is 0.583. The molecular weight excluding hydrogens is 266 g/mol. The van der Waals surface area contributed by atoms with E-state index in [1.54, 1.807) is 0 Å². The minimum absolute atomic E-state index is 0.297. The third kappa shape index (κ3) is 2.55. The first kappa shape index (κ1) is 11.9. The van der Waals surface area contributed by atoms with Gasteiger partial charge in [0.15, 0.2) is 0 Å². The van der Waals surface area contributed by atoms with Crippen LogP contribution in [0.15, 0.2) is 22.8 Å². The Labute approximate surface area is 105 Å². The van der Waals surface area contributed by atoms with Gasteiger partial charge in [-0.15, -0.1) is 0 Å². The number of hydrogen-bond donors (Lipinski definition) is 1. The number of halogens is 1. The van der Waals surface area contributed by atoms with E-state index >= 15 is 0 Å². The van der Waals surface area contributed by atoms with Crippen LogP contribution in [0.25, 0.3) is 0 Å². The van der Waals surface area contributed by atoms with E-state index in [-0.39, 0.29) is 0 Å². The number of pyridine rings is 1. The summed E-state index contributed by atoms with van der Waals surface area (Å²) in [5.74, 6) is 1.08. The highest BCUT2D eigenvalue weighted by Gasteiger charge is 2.28. The Morgan fingerprint density at radius 1 is 1.38 bits per heavy atom. The summed E-state index contributed by atoms with van der Waals surface area (Å²) >= 11 is 3.41. The molecule has 1 fully saturated rings. The number of nitrogens with one attached hydrogen (secondary N) is 1. The minimum Gasteiger partial charge on any atom is -0.356 e. The zero-order valence-electron chi connectivity index (χ0n) is 9.83. The molecule has 1 aromatic rings. The molecule has 1 saturated heterocycles. The molecule has 0 saturated carbocycles. The fourth-order valence-electron chi connectivity index (χ4n) is 2.03. The molecule has 0 spiro atoms. The fourth-order valence-corrected chi connectivity index (χ4v) is 2.27. The van der Waals surface area contributed by atoms with Gasteiger partial charge in [0.05, 0.1) is 0 Å². The Hall–Kier alpha value is -0.610. The first-order valence-corrected chi connectivity index (χ1v) is 6.48. The highest BCUT2D eigenvalue weighted by atomic mass is 79.9. The number of nitrogens with zero attached hydrogens (tertiary/aromatic N) is 2. The number of anilines is 1. The van der Waals surface area contributed by atoms with Crippen molar-refractivity contribution in [2.24, 2.45) is 0 Å². The Bertz CT molecular complexity index is 342. The quantitative estimate of drug-likeness (QED) is 0.904. The number of aromatic nitrogens is 1. The first-order valence-electron chi connectivity index (χ1n) is 5.68. The molecular formula is C12H18BrN3. The predicted octanol–water partition coefficient (Wildman–Crippen LogP) is 2.42. The highest BCUT2D eigenvalue weighted by molar-refractivity contribution is 9.10. The van der Waals surface area contributed by atoms with Crippen molar-refractivity contribution >= 4 is 21.7 Å². The molecule has 3 nitrogen and oxygen atoms in total. The highest BCUT2D eigenvalue weighted by Crippen LogP contribution is 2.25. The topological polar surface area (TPSA) is 28.2 Å². The van der Waals surface area contributed by atoms with Crippen molar-refractivity contribution in [1.29, 1.82) is 0 Å². The van der Waals surface area contributed by atoms with Crippen LogP contribution in [0.1, 0.15) is 19.8 Å². The van der Waals surface area contributed by atoms with Gasteiger partial charge in [-0.3, -0.25) is 0 Å². The smallest absolute Gasteiger partial charge is 0.128 e. The van der Waals surface area contributed by atoms with E-state index in [1.807, 2.05) is 19.3 Å². The monoisotopic (exact) mass is 283 g/mol. The SMILES string of the molecule is CNC1(C)CCN(c2ccc(Br)cn2)CC1. The van der Waals surface area contributed by atoms with Crippen LogP contribution in [0.4, 0.5) is 5.82 Å². The van der Waals surface area contributed by atoms with Gasteiger partial charge in [0.2, 0.25) is 0 Å². The first-order chi connectivity index (χ1) is 7.63. The number of hydrogen-bond acceptors (Lipinski definition) is 3. The number of piperidine rings is 1. The lowest BCUT2D eigenvalue weighted by Gasteiger charge is -2.39. The molecule has 2 rings (SSSR count). The molecule has 4 heteroatoms. The second kappa shape index (κ2) is 4.72. The van der Waals surface area contributed by atoms with Crippen molar-refractivity contribution in [3.8, 4) is 0 Å². The van der Waals surface area contributed by atoms with Crippen LogP contribution in [0.2, 0.25) is 0 Å². The van der Waals surface area contributed by atoms with E-state index in [1.165, 1.54) is 12.8 Å². The molecule has 0 atom stereocenters. The van der Waals surface area contributed by atoms with Crippen molar-refractivity contribution < 1.29 is 0 Å². The summed E-state index contributed by atoms with van der Waals surface area (Å²) in [6, 6.07) is 4.13. The summed E-state index contributed by atoms with van der Waals surface area (Å²) in [5.41, 5.74) is 0.297. The molecule has 1 N–H and O–H groups in total. The standard InChI is InChI=1S/C12H18BrN3/c1-12(14-2)5-7-16(8-6-12)11-4-3-10(13)9-15-11/h3-4,9,14H,5-8H2,1-2H3. The molecule has 16 heavy (non-hydrogen) atoms. The average molecular weight is 284 g/mol. The third-order valence-corrected chi connectivity index (χ3v) is 3.98. The van der Waals surface area contributed by atoms with Gasteiger partial charge in [-0.05, 0) is 54.9 Å². The van der Waals surface area contributed by atoms with Gasteiger partial charge in [-0.2, -0.15) is 0 Å². The Kier molecular flexibility index (Phi) is 3.50. The van der Waals surface area contributed by atoms with Crippen molar-refractivity contribution in [2.75, 3.05) is 25.0 Å². The zero-order chi connectivity index (χ0) is 11.6. The Morgan fingerprint density at radius 2 is 2.06 bits per heavy atom. The molecule has 0 bridgehead atoms. The van der Waals surface area contributed by atoms with Crippen LogP contribution in [-0.4, -0.2) is 30.7 Å². The van der Waals surface area contributed by atoms with Crippen molar-refractivity contribution in [3.63, 3.8) is 0 Å². The van der Waals surface area contributed by atoms with E-state index in [2.05, 4.69) is 44.1 Å². The lowest BCUT2D eigenvalue weighted by molar-refractivity contribution is 0.304. The minimum atomic E-state index is 0.297. The van der Waals surface area contributed by atoms with E-state index in [0.29, 0.717) is 5.54 Å². The maximum Gasteiger partial charge on any atom is 0.128 e. The van der Waals surface area contributed by atoms with E-state index in [0.717, 1.165) is 23.4 Å². The summed E-state index contributed by atoms with van der Waals surface area (Å²) in [6.45, 7) is 4.44. The summed E-state index contributed by atoms with van der Waals surface area (Å²) in [6.07, 6.45) is 4.20. The van der Waals surface area contributed by atoms with Gasteiger partial charge in [-0.25, -0.2) is 4.98 Å². The van der Waals surface area contributed by atoms with Gasteiger partial charge < -0.3 is 10.2 Å². The molecule has 0 amide bonds. The molecule has 88 valence electrons. The van der Waals surface area contributed by atoms with E-state index in [9.17, 15) is 0 Å². The van der Waals surface area contributed by atoms with E-state index < -0.39 is 0 Å². The Morgan fingerprint density at radius 3 is 2.56 bits per heavy atom.